The van der Waals surface area contributed by atoms with Crippen LogP contribution >= 0.6 is 51.5 Å². The summed E-state index contributed by atoms with van der Waals surface area (Å²) in [5, 5.41) is 1.33. The highest BCUT2D eigenvalue weighted by molar-refractivity contribution is 9.10. The molecule has 0 atom stereocenters. The van der Waals surface area contributed by atoms with Gasteiger partial charge in [0.2, 0.25) is 0 Å². The van der Waals surface area contributed by atoms with E-state index in [2.05, 4.69) is 27.4 Å². The number of aryl methyl sites for hydroxylation is 1. The van der Waals surface area contributed by atoms with Gasteiger partial charge in [0.15, 0.2) is 15.8 Å². The summed E-state index contributed by atoms with van der Waals surface area (Å²) < 4.78 is 12.8. The molecule has 0 aromatic heterocycles. The lowest BCUT2D eigenvalue weighted by Crippen LogP contribution is -2.44. The van der Waals surface area contributed by atoms with E-state index in [0.717, 1.165) is 27.9 Å². The van der Waals surface area contributed by atoms with Crippen LogP contribution in [0.1, 0.15) is 34.0 Å². The van der Waals surface area contributed by atoms with E-state index < -0.39 is 11.8 Å². The Kier molecular flexibility index (Phi) is 8.91. The molecule has 0 spiro atoms. The van der Waals surface area contributed by atoms with Crippen molar-refractivity contribution in [3.05, 3.63) is 97.3 Å². The molecule has 4 rings (SSSR count). The molecule has 10 heteroatoms. The molecule has 0 aliphatic carbocycles. The molecule has 190 valence electrons. The van der Waals surface area contributed by atoms with Gasteiger partial charge in [-0.15, -0.1) is 0 Å². The molecule has 1 fully saturated rings. The number of ether oxygens (including phenoxy) is 2. The summed E-state index contributed by atoms with van der Waals surface area (Å²) >= 11 is 16.1. The van der Waals surface area contributed by atoms with Crippen LogP contribution in [0.2, 0.25) is 5.02 Å². The van der Waals surface area contributed by atoms with E-state index in [-0.39, 0.29) is 14.9 Å². The Hall–Kier alpha value is -2.85. The molecule has 0 unspecified atom stereocenters. The van der Waals surface area contributed by atoms with Gasteiger partial charge in [0.1, 0.15) is 6.61 Å². The number of thioether (sulfide) groups is 1. The molecule has 2 amide bonds. The Morgan fingerprint density at radius 1 is 1.16 bits per heavy atom. The smallest absolute Gasteiger partial charge is 0.285 e. The van der Waals surface area contributed by atoms with Gasteiger partial charge in [0.25, 0.3) is 11.8 Å². The zero-order chi connectivity index (χ0) is 26.5. The van der Waals surface area contributed by atoms with Crippen LogP contribution in [-0.4, -0.2) is 27.8 Å². The maximum Gasteiger partial charge on any atom is 0.285 e. The van der Waals surface area contributed by atoms with Crippen molar-refractivity contribution >= 4 is 73.7 Å². The lowest BCUT2D eigenvalue weighted by Gasteiger charge is -2.16. The lowest BCUT2D eigenvalue weighted by molar-refractivity contribution is -0.123. The summed E-state index contributed by atoms with van der Waals surface area (Å²) in [5.41, 5.74) is 5.69. The van der Waals surface area contributed by atoms with Crippen molar-refractivity contribution in [2.24, 2.45) is 0 Å². The van der Waals surface area contributed by atoms with Gasteiger partial charge in [-0.3, -0.25) is 15.0 Å². The van der Waals surface area contributed by atoms with Crippen molar-refractivity contribution < 1.29 is 19.1 Å². The quantitative estimate of drug-likeness (QED) is 0.218. The number of hydrogen-bond acceptors (Lipinski definition) is 6. The lowest BCUT2D eigenvalue weighted by atomic mass is 10.1. The van der Waals surface area contributed by atoms with E-state index in [9.17, 15) is 9.59 Å². The maximum absolute atomic E-state index is 13.1. The molecule has 1 N–H and O–H groups in total. The fourth-order valence-corrected chi connectivity index (χ4v) is 5.53. The number of amides is 2. The molecule has 0 radical (unpaired) electrons. The first-order valence-corrected chi connectivity index (χ1v) is 13.6. The first kappa shape index (κ1) is 27.2. The summed E-state index contributed by atoms with van der Waals surface area (Å²) in [7, 11) is 0. The van der Waals surface area contributed by atoms with E-state index in [1.165, 1.54) is 0 Å². The SMILES string of the molecule is CCOc1cc(/C=C2/SC(=S)N(NC(=O)c3ccccc3Cl)C2=O)cc(Br)c1OCc1cccc(C)c1. The molecular formula is C27H22BrClN2O4S2. The van der Waals surface area contributed by atoms with Crippen LogP contribution in [0.25, 0.3) is 6.08 Å². The fraction of sp³-hybridized carbons (Fsp3) is 0.148. The standard InChI is InChI=1S/C27H22BrClN2O4S2/c1-3-34-22-13-18(12-20(28)24(22)35-15-17-8-6-7-16(2)11-17)14-23-26(33)31(27(36)37-23)30-25(32)19-9-4-5-10-21(19)29/h4-14H,3,15H2,1-2H3,(H,30,32)/b23-14+. The van der Waals surface area contributed by atoms with Crippen LogP contribution in [0.15, 0.2) is 70.0 Å². The Morgan fingerprint density at radius 3 is 2.68 bits per heavy atom. The average Bonchev–Trinajstić information content (AvgIpc) is 3.11. The Morgan fingerprint density at radius 2 is 1.95 bits per heavy atom. The van der Waals surface area contributed by atoms with E-state index in [1.807, 2.05) is 38.1 Å². The van der Waals surface area contributed by atoms with Gasteiger partial charge in [-0.25, -0.2) is 0 Å². The highest BCUT2D eigenvalue weighted by Gasteiger charge is 2.34. The second-order valence-electron chi connectivity index (χ2n) is 7.98. The van der Waals surface area contributed by atoms with Crippen molar-refractivity contribution in [2.45, 2.75) is 20.5 Å². The number of nitrogens with one attached hydrogen (secondary N) is 1. The second-order valence-corrected chi connectivity index (χ2v) is 10.9. The van der Waals surface area contributed by atoms with E-state index in [4.69, 9.17) is 33.3 Å². The van der Waals surface area contributed by atoms with Crippen molar-refractivity contribution in [1.29, 1.82) is 0 Å². The van der Waals surface area contributed by atoms with Gasteiger partial charge in [-0.1, -0.05) is 65.3 Å². The first-order valence-electron chi connectivity index (χ1n) is 11.2. The van der Waals surface area contributed by atoms with E-state index in [0.29, 0.717) is 39.7 Å². The first-order chi connectivity index (χ1) is 17.8. The zero-order valence-corrected chi connectivity index (χ0v) is 23.9. The minimum Gasteiger partial charge on any atom is -0.490 e. The molecule has 6 nitrogen and oxygen atoms in total. The van der Waals surface area contributed by atoms with Crippen molar-refractivity contribution in [3.63, 3.8) is 0 Å². The highest BCUT2D eigenvalue weighted by atomic mass is 79.9. The molecule has 37 heavy (non-hydrogen) atoms. The van der Waals surface area contributed by atoms with Crippen molar-refractivity contribution in [3.8, 4) is 11.5 Å². The van der Waals surface area contributed by atoms with Crippen molar-refractivity contribution in [2.75, 3.05) is 6.61 Å². The number of nitrogens with zero attached hydrogens (tertiary/aromatic N) is 1. The van der Waals surface area contributed by atoms with Gasteiger partial charge in [0, 0.05) is 0 Å². The number of rotatable bonds is 8. The van der Waals surface area contributed by atoms with Crippen LogP contribution in [0, 0.1) is 6.92 Å². The summed E-state index contributed by atoms with van der Waals surface area (Å²) in [6, 6.07) is 18.3. The number of carbonyl (C=O) groups is 2. The summed E-state index contributed by atoms with van der Waals surface area (Å²) in [6.07, 6.45) is 1.69. The van der Waals surface area contributed by atoms with Gasteiger partial charge in [-0.2, -0.15) is 5.01 Å². The maximum atomic E-state index is 13.1. The summed E-state index contributed by atoms with van der Waals surface area (Å²) in [5.74, 6) is 0.141. The van der Waals surface area contributed by atoms with Crippen LogP contribution in [0.5, 0.6) is 11.5 Å². The van der Waals surface area contributed by atoms with Crippen molar-refractivity contribution in [1.82, 2.24) is 10.4 Å². The normalized spacial score (nSPS) is 14.3. The number of hydrazine groups is 1. The fourth-order valence-electron chi connectivity index (χ4n) is 3.55. The zero-order valence-electron chi connectivity index (χ0n) is 19.9. The molecule has 1 saturated heterocycles. The summed E-state index contributed by atoms with van der Waals surface area (Å²) in [6.45, 7) is 4.73. The molecule has 1 aliphatic heterocycles. The number of carbonyl (C=O) groups excluding carboxylic acids is 2. The minimum atomic E-state index is -0.528. The number of thiocarbonyl (C=S) groups is 1. The molecule has 0 bridgehead atoms. The molecule has 3 aromatic rings. The van der Waals surface area contributed by atoms with Gasteiger partial charge in [0.05, 0.1) is 26.6 Å². The van der Waals surface area contributed by atoms with Gasteiger partial charge in [-0.05, 0) is 83.5 Å². The van der Waals surface area contributed by atoms with Crippen LogP contribution in [-0.2, 0) is 11.4 Å². The molecular weight excluding hydrogens is 596 g/mol. The van der Waals surface area contributed by atoms with Gasteiger partial charge < -0.3 is 9.47 Å². The monoisotopic (exact) mass is 616 g/mol. The third kappa shape index (κ3) is 6.54. The second kappa shape index (κ2) is 12.1. The predicted octanol–water partition coefficient (Wildman–Crippen LogP) is 6.93. The third-order valence-electron chi connectivity index (χ3n) is 5.22. The van der Waals surface area contributed by atoms with Crippen LogP contribution in [0.3, 0.4) is 0 Å². The Labute approximate surface area is 238 Å². The number of hydrogen-bond donors (Lipinski definition) is 1. The third-order valence-corrected chi connectivity index (χ3v) is 7.44. The van der Waals surface area contributed by atoms with Crippen LogP contribution < -0.4 is 14.9 Å². The van der Waals surface area contributed by atoms with E-state index in [1.54, 1.807) is 36.4 Å². The Balaban J connectivity index is 1.54. The molecule has 1 heterocycles. The number of halogens is 2. The minimum absolute atomic E-state index is 0.207. The number of benzene rings is 3. The van der Waals surface area contributed by atoms with Crippen LogP contribution in [0.4, 0.5) is 0 Å². The predicted molar refractivity (Wildman–Crippen MR) is 155 cm³/mol. The largest absolute Gasteiger partial charge is 0.490 e. The van der Waals surface area contributed by atoms with E-state index >= 15 is 0 Å². The molecule has 3 aromatic carbocycles. The highest BCUT2D eigenvalue weighted by Crippen LogP contribution is 2.39. The molecule has 1 aliphatic rings. The average molecular weight is 618 g/mol. The van der Waals surface area contributed by atoms with Gasteiger partial charge >= 0.3 is 0 Å². The molecule has 0 saturated carbocycles. The summed E-state index contributed by atoms with van der Waals surface area (Å²) in [4.78, 5) is 26.1. The Bertz CT molecular complexity index is 1410. The topological polar surface area (TPSA) is 67.9 Å².